The number of sulfonamides is 1. The number of unbranched alkanes of at least 4 members (excludes halogenated alkanes) is 1. The van der Waals surface area contributed by atoms with E-state index >= 15 is 0 Å². The van der Waals surface area contributed by atoms with Crippen molar-refractivity contribution in [1.82, 2.24) is 14.9 Å². The van der Waals surface area contributed by atoms with Crippen molar-refractivity contribution in [2.75, 3.05) is 12.8 Å². The van der Waals surface area contributed by atoms with Crippen LogP contribution < -0.4 is 10.6 Å². The summed E-state index contributed by atoms with van der Waals surface area (Å²) in [4.78, 5) is 24.2. The molecule has 0 heterocycles. The maximum atomic E-state index is 12.1. The van der Waals surface area contributed by atoms with Crippen molar-refractivity contribution >= 4 is 22.1 Å². The van der Waals surface area contributed by atoms with Crippen LogP contribution in [-0.4, -0.2) is 43.6 Å². The third-order valence-electron chi connectivity index (χ3n) is 5.36. The van der Waals surface area contributed by atoms with E-state index in [0.717, 1.165) is 29.3 Å². The molecular weight excluding hydrogens is 330 g/mol. The molecule has 0 spiro atoms. The van der Waals surface area contributed by atoms with E-state index in [0.29, 0.717) is 18.3 Å². The number of nitrogens with one attached hydrogen (secondary N) is 2. The van der Waals surface area contributed by atoms with E-state index in [-0.39, 0.29) is 12.6 Å². The lowest BCUT2D eigenvalue weighted by Gasteiger charge is -2.28. The van der Waals surface area contributed by atoms with E-state index in [4.69, 9.17) is 0 Å². The molecule has 0 radical (unpaired) electrons. The summed E-state index contributed by atoms with van der Waals surface area (Å²) in [6.45, 7) is 3.94. The van der Waals surface area contributed by atoms with Crippen molar-refractivity contribution in [1.29, 1.82) is 0 Å². The first kappa shape index (κ1) is 19.0. The molecule has 2 bridgehead atoms. The summed E-state index contributed by atoms with van der Waals surface area (Å²) in [7, 11) is -3.69. The predicted molar refractivity (Wildman–Crippen MR) is 91.9 cm³/mol. The molecule has 0 saturated heterocycles. The lowest BCUT2D eigenvalue weighted by molar-refractivity contribution is 0.207. The average Bonchev–Trinajstić information content (AvgIpc) is 3.08. The van der Waals surface area contributed by atoms with Crippen molar-refractivity contribution in [3.63, 3.8) is 0 Å². The highest BCUT2D eigenvalue weighted by Gasteiger charge is 2.42. The van der Waals surface area contributed by atoms with Gasteiger partial charge in [-0.3, -0.25) is 5.32 Å². The van der Waals surface area contributed by atoms with Crippen LogP contribution in [-0.2, 0) is 10.0 Å². The van der Waals surface area contributed by atoms with Gasteiger partial charge < -0.3 is 5.32 Å². The Hall–Kier alpha value is -1.31. The number of imide groups is 1. The summed E-state index contributed by atoms with van der Waals surface area (Å²) in [6.07, 6.45) is 7.18. The molecule has 0 aromatic heterocycles. The second-order valence-corrected chi connectivity index (χ2v) is 9.13. The molecule has 2 fully saturated rings. The Morgan fingerprint density at radius 3 is 2.46 bits per heavy atom. The first-order chi connectivity index (χ1) is 11.2. The van der Waals surface area contributed by atoms with Gasteiger partial charge in [0.2, 0.25) is 10.0 Å². The van der Waals surface area contributed by atoms with Gasteiger partial charge in [-0.2, -0.15) is 0 Å². The largest absolute Gasteiger partial charge is 0.339 e. The van der Waals surface area contributed by atoms with Crippen molar-refractivity contribution in [2.45, 2.75) is 58.4 Å². The minimum Gasteiger partial charge on any atom is -0.335 e. The summed E-state index contributed by atoms with van der Waals surface area (Å²) in [5.41, 5.74) is 0. The van der Waals surface area contributed by atoms with Crippen LogP contribution in [0.2, 0.25) is 0 Å². The van der Waals surface area contributed by atoms with Gasteiger partial charge in [0.15, 0.2) is 0 Å². The van der Waals surface area contributed by atoms with Crippen LogP contribution in [0, 0.1) is 17.8 Å². The maximum Gasteiger partial charge on any atom is 0.339 e. The van der Waals surface area contributed by atoms with Crippen LogP contribution in [0.1, 0.15) is 52.4 Å². The topological polar surface area (TPSA) is 95.6 Å². The molecule has 8 heteroatoms. The van der Waals surface area contributed by atoms with E-state index in [1.54, 1.807) is 0 Å². The predicted octanol–water partition coefficient (Wildman–Crippen LogP) is 2.29. The monoisotopic (exact) mass is 359 g/mol. The van der Waals surface area contributed by atoms with E-state index in [1.807, 2.05) is 13.8 Å². The summed E-state index contributed by atoms with van der Waals surface area (Å²) in [5.74, 6) is 1.90. The first-order valence-electron chi connectivity index (χ1n) is 8.81. The van der Waals surface area contributed by atoms with Gasteiger partial charge in [-0.1, -0.05) is 19.8 Å². The number of urea groups is 2. The number of carbonyl (C=O) groups is 2. The third kappa shape index (κ3) is 4.62. The van der Waals surface area contributed by atoms with Crippen LogP contribution in [0.3, 0.4) is 0 Å². The zero-order valence-electron chi connectivity index (χ0n) is 14.7. The van der Waals surface area contributed by atoms with Crippen molar-refractivity contribution in [3.05, 3.63) is 0 Å². The highest BCUT2D eigenvalue weighted by molar-refractivity contribution is 7.88. The van der Waals surface area contributed by atoms with E-state index in [1.165, 1.54) is 19.3 Å². The van der Waals surface area contributed by atoms with E-state index in [2.05, 4.69) is 10.6 Å². The SMILES string of the molecule is CCCCN(C(=O)NC(=O)NC(C)C1CC2CCC1C2)S(C)(=O)=O. The standard InChI is InChI=1S/C16H29N3O4S/c1-4-5-8-19(24(3,22)23)16(21)18-15(20)17-11(2)14-10-12-6-7-13(14)9-12/h11-14H,4-10H2,1-3H3,(H2,17,18,20,21). The average molecular weight is 359 g/mol. The number of amides is 4. The Labute approximate surface area is 144 Å². The smallest absolute Gasteiger partial charge is 0.335 e. The lowest BCUT2D eigenvalue weighted by Crippen LogP contribution is -2.52. The fourth-order valence-corrected chi connectivity index (χ4v) is 4.94. The number of nitrogens with zero attached hydrogens (tertiary/aromatic N) is 1. The second-order valence-electron chi connectivity index (χ2n) is 7.22. The third-order valence-corrected chi connectivity index (χ3v) is 6.50. The molecule has 7 nitrogen and oxygen atoms in total. The van der Waals surface area contributed by atoms with Crippen molar-refractivity contribution < 1.29 is 18.0 Å². The van der Waals surface area contributed by atoms with Crippen LogP contribution in [0.4, 0.5) is 9.59 Å². The molecular formula is C16H29N3O4S. The van der Waals surface area contributed by atoms with Crippen molar-refractivity contribution in [3.8, 4) is 0 Å². The quantitative estimate of drug-likeness (QED) is 0.760. The lowest BCUT2D eigenvalue weighted by atomic mass is 9.84. The fourth-order valence-electron chi connectivity index (χ4n) is 4.14. The van der Waals surface area contributed by atoms with Crippen LogP contribution in [0.15, 0.2) is 0 Å². The number of hydrogen-bond donors (Lipinski definition) is 2. The zero-order chi connectivity index (χ0) is 17.9. The van der Waals surface area contributed by atoms with Gasteiger partial charge >= 0.3 is 12.1 Å². The molecule has 24 heavy (non-hydrogen) atoms. The Morgan fingerprint density at radius 1 is 1.25 bits per heavy atom. The normalized spacial score (nSPS) is 26.9. The highest BCUT2D eigenvalue weighted by atomic mass is 32.2. The Morgan fingerprint density at radius 2 is 1.96 bits per heavy atom. The molecule has 2 aliphatic rings. The molecule has 2 rings (SSSR count). The first-order valence-corrected chi connectivity index (χ1v) is 10.7. The molecule has 0 aromatic carbocycles. The summed E-state index contributed by atoms with van der Waals surface area (Å²) in [6, 6.07) is -1.53. The summed E-state index contributed by atoms with van der Waals surface area (Å²) in [5, 5.41) is 4.96. The van der Waals surface area contributed by atoms with E-state index in [9.17, 15) is 18.0 Å². The van der Waals surface area contributed by atoms with Gasteiger partial charge in [-0.25, -0.2) is 22.3 Å². The molecule has 4 amide bonds. The fraction of sp³-hybridized carbons (Fsp3) is 0.875. The summed E-state index contributed by atoms with van der Waals surface area (Å²) < 4.78 is 24.1. The number of carbonyl (C=O) groups excluding carboxylic acids is 2. The molecule has 138 valence electrons. The molecule has 0 aliphatic heterocycles. The minimum atomic E-state index is -3.69. The number of fused-ring (bicyclic) bond motifs is 2. The number of hydrogen-bond acceptors (Lipinski definition) is 4. The van der Waals surface area contributed by atoms with Gasteiger partial charge in [0, 0.05) is 12.6 Å². The Balaban J connectivity index is 1.87. The van der Waals surface area contributed by atoms with Crippen LogP contribution in [0.5, 0.6) is 0 Å². The Kier molecular flexibility index (Phi) is 6.11. The summed E-state index contributed by atoms with van der Waals surface area (Å²) >= 11 is 0. The highest BCUT2D eigenvalue weighted by Crippen LogP contribution is 2.49. The molecule has 4 atom stereocenters. The van der Waals surface area contributed by atoms with Gasteiger partial charge in [0.1, 0.15) is 0 Å². The van der Waals surface area contributed by atoms with Gasteiger partial charge in [-0.05, 0) is 50.4 Å². The van der Waals surface area contributed by atoms with Gasteiger partial charge in [-0.15, -0.1) is 0 Å². The zero-order valence-corrected chi connectivity index (χ0v) is 15.6. The van der Waals surface area contributed by atoms with Gasteiger partial charge in [0.25, 0.3) is 0 Å². The van der Waals surface area contributed by atoms with Crippen molar-refractivity contribution in [2.24, 2.45) is 17.8 Å². The van der Waals surface area contributed by atoms with Gasteiger partial charge in [0.05, 0.1) is 6.26 Å². The number of rotatable bonds is 6. The molecule has 2 aliphatic carbocycles. The van der Waals surface area contributed by atoms with E-state index < -0.39 is 22.1 Å². The second kappa shape index (κ2) is 7.72. The minimum absolute atomic E-state index is 0.0181. The van der Waals surface area contributed by atoms with Crippen LogP contribution >= 0.6 is 0 Å². The Bertz CT molecular complexity index is 578. The van der Waals surface area contributed by atoms with Crippen LogP contribution in [0.25, 0.3) is 0 Å². The molecule has 0 aromatic rings. The maximum absolute atomic E-state index is 12.1. The molecule has 2 saturated carbocycles. The molecule has 2 N–H and O–H groups in total. The molecule has 4 unspecified atom stereocenters.